The smallest absolute Gasteiger partial charge is 0.224 e. The zero-order valence-electron chi connectivity index (χ0n) is 10.2. The zero-order valence-corrected chi connectivity index (χ0v) is 10.2. The Labute approximate surface area is 108 Å². The Morgan fingerprint density at radius 2 is 2.16 bits per heavy atom. The van der Waals surface area contributed by atoms with Crippen LogP contribution < -0.4 is 11.5 Å². The zero-order chi connectivity index (χ0) is 13.6. The lowest BCUT2D eigenvalue weighted by atomic mass is 10.3. The molecule has 0 aromatic carbocycles. The quantitative estimate of drug-likeness (QED) is 0.645. The standard InChI is InChI=1S/C10H14N6O3/c1-4-9(19-5(2-17)18-4)16-3-13-6-7(11)14-10(12)15-8(6)16/h3-5,9,17H,2H2,1H3,(H4,11,12,14,15)/t4-,5-,9-/m1/s1. The molecule has 1 saturated heterocycles. The highest BCUT2D eigenvalue weighted by Gasteiger charge is 2.35. The van der Waals surface area contributed by atoms with E-state index >= 15 is 0 Å². The number of fused-ring (bicyclic) bond motifs is 1. The fourth-order valence-corrected chi connectivity index (χ4v) is 2.12. The lowest BCUT2D eigenvalue weighted by Gasteiger charge is -2.14. The van der Waals surface area contributed by atoms with Crippen molar-refractivity contribution in [2.45, 2.75) is 25.5 Å². The molecule has 9 nitrogen and oxygen atoms in total. The molecule has 3 heterocycles. The minimum Gasteiger partial charge on any atom is -0.391 e. The molecule has 0 unspecified atom stereocenters. The van der Waals surface area contributed by atoms with Gasteiger partial charge in [0.15, 0.2) is 24.0 Å². The van der Waals surface area contributed by atoms with Crippen LogP contribution in [0, 0.1) is 0 Å². The molecule has 3 atom stereocenters. The van der Waals surface area contributed by atoms with Gasteiger partial charge in [-0.15, -0.1) is 0 Å². The number of aliphatic hydroxyl groups is 1. The number of aliphatic hydroxyl groups excluding tert-OH is 1. The van der Waals surface area contributed by atoms with E-state index in [0.717, 1.165) is 0 Å². The Morgan fingerprint density at radius 3 is 2.84 bits per heavy atom. The molecule has 1 aliphatic rings. The van der Waals surface area contributed by atoms with E-state index in [1.165, 1.54) is 0 Å². The van der Waals surface area contributed by atoms with Gasteiger partial charge in [-0.1, -0.05) is 0 Å². The van der Waals surface area contributed by atoms with E-state index in [1.54, 1.807) is 10.9 Å². The summed E-state index contributed by atoms with van der Waals surface area (Å²) in [7, 11) is 0. The Morgan fingerprint density at radius 1 is 1.37 bits per heavy atom. The van der Waals surface area contributed by atoms with Crippen molar-refractivity contribution < 1.29 is 14.6 Å². The second-order valence-corrected chi connectivity index (χ2v) is 4.27. The van der Waals surface area contributed by atoms with Crippen molar-refractivity contribution in [2.24, 2.45) is 0 Å². The van der Waals surface area contributed by atoms with Crippen molar-refractivity contribution in [3.05, 3.63) is 6.33 Å². The molecular formula is C10H14N6O3. The lowest BCUT2D eigenvalue weighted by molar-refractivity contribution is -0.101. The molecule has 0 bridgehead atoms. The minimum absolute atomic E-state index is 0.0667. The average molecular weight is 266 g/mol. The summed E-state index contributed by atoms with van der Waals surface area (Å²) in [5, 5.41) is 9.06. The van der Waals surface area contributed by atoms with Gasteiger partial charge in [-0.3, -0.25) is 4.57 Å². The van der Waals surface area contributed by atoms with Gasteiger partial charge in [0.25, 0.3) is 0 Å². The maximum atomic E-state index is 9.06. The van der Waals surface area contributed by atoms with Crippen LogP contribution in [0.4, 0.5) is 11.8 Å². The molecule has 0 amide bonds. The van der Waals surface area contributed by atoms with Crippen LogP contribution >= 0.6 is 0 Å². The van der Waals surface area contributed by atoms with Crippen molar-refractivity contribution in [2.75, 3.05) is 18.1 Å². The summed E-state index contributed by atoms with van der Waals surface area (Å²) in [4.78, 5) is 12.1. The third kappa shape index (κ3) is 1.87. The van der Waals surface area contributed by atoms with Gasteiger partial charge in [0, 0.05) is 0 Å². The molecule has 19 heavy (non-hydrogen) atoms. The molecule has 9 heteroatoms. The van der Waals surface area contributed by atoms with Crippen LogP contribution in [0.5, 0.6) is 0 Å². The third-order valence-corrected chi connectivity index (χ3v) is 2.95. The van der Waals surface area contributed by atoms with Crippen LogP contribution in [-0.4, -0.2) is 43.6 Å². The number of ether oxygens (including phenoxy) is 2. The largest absolute Gasteiger partial charge is 0.391 e. The van der Waals surface area contributed by atoms with Gasteiger partial charge in [0.1, 0.15) is 11.6 Å². The maximum absolute atomic E-state index is 9.06. The van der Waals surface area contributed by atoms with Crippen LogP contribution in [-0.2, 0) is 9.47 Å². The Kier molecular flexibility index (Phi) is 2.73. The number of hydrogen-bond donors (Lipinski definition) is 3. The van der Waals surface area contributed by atoms with Crippen molar-refractivity contribution >= 4 is 22.9 Å². The van der Waals surface area contributed by atoms with Crippen LogP contribution in [0.3, 0.4) is 0 Å². The van der Waals surface area contributed by atoms with Crippen molar-refractivity contribution in [1.29, 1.82) is 0 Å². The molecule has 3 rings (SSSR count). The predicted molar refractivity (Wildman–Crippen MR) is 65.7 cm³/mol. The number of nitrogens with two attached hydrogens (primary N) is 2. The Balaban J connectivity index is 2.06. The third-order valence-electron chi connectivity index (χ3n) is 2.95. The Hall–Kier alpha value is -1.97. The molecule has 1 aliphatic heterocycles. The van der Waals surface area contributed by atoms with E-state index in [9.17, 15) is 0 Å². The highest BCUT2D eigenvalue weighted by Crippen LogP contribution is 2.30. The number of anilines is 2. The molecule has 1 fully saturated rings. The first kappa shape index (κ1) is 12.1. The van der Waals surface area contributed by atoms with E-state index in [-0.39, 0.29) is 24.5 Å². The lowest BCUT2D eigenvalue weighted by Crippen LogP contribution is -2.18. The minimum atomic E-state index is -0.658. The summed E-state index contributed by atoms with van der Waals surface area (Å²) >= 11 is 0. The van der Waals surface area contributed by atoms with Crippen LogP contribution in [0.25, 0.3) is 11.2 Å². The number of nitrogen functional groups attached to an aromatic ring is 2. The van der Waals surface area contributed by atoms with Gasteiger partial charge < -0.3 is 26.0 Å². The molecule has 0 radical (unpaired) electrons. The van der Waals surface area contributed by atoms with Crippen molar-refractivity contribution in [3.8, 4) is 0 Å². The van der Waals surface area contributed by atoms with Gasteiger partial charge >= 0.3 is 0 Å². The SMILES string of the molecule is C[C@H]1O[C@@H](CO)O[C@H]1n1cnc2c(N)nc(N)nc21. The topological polar surface area (TPSA) is 134 Å². The van der Waals surface area contributed by atoms with Crippen molar-refractivity contribution in [3.63, 3.8) is 0 Å². The average Bonchev–Trinajstić information content (AvgIpc) is 2.92. The van der Waals surface area contributed by atoms with Crippen LogP contribution in [0.15, 0.2) is 6.33 Å². The first-order valence-electron chi connectivity index (χ1n) is 5.77. The monoisotopic (exact) mass is 266 g/mol. The van der Waals surface area contributed by atoms with Crippen LogP contribution in [0.2, 0.25) is 0 Å². The first-order valence-corrected chi connectivity index (χ1v) is 5.77. The molecular weight excluding hydrogens is 252 g/mol. The summed E-state index contributed by atoms with van der Waals surface area (Å²) in [5.74, 6) is 0.281. The van der Waals surface area contributed by atoms with E-state index in [0.29, 0.717) is 11.2 Å². The molecule has 102 valence electrons. The number of nitrogens with zero attached hydrogens (tertiary/aromatic N) is 4. The second kappa shape index (κ2) is 4.30. The van der Waals surface area contributed by atoms with Gasteiger partial charge in [0.05, 0.1) is 12.9 Å². The first-order chi connectivity index (χ1) is 9.10. The summed E-state index contributed by atoms with van der Waals surface area (Å²) < 4.78 is 12.7. The fourth-order valence-electron chi connectivity index (χ4n) is 2.12. The number of hydrogen-bond acceptors (Lipinski definition) is 8. The summed E-state index contributed by atoms with van der Waals surface area (Å²) in [6.45, 7) is 1.62. The number of aromatic nitrogens is 4. The summed E-state index contributed by atoms with van der Waals surface area (Å²) in [5.41, 5.74) is 12.3. The van der Waals surface area contributed by atoms with Gasteiger partial charge in [0.2, 0.25) is 5.95 Å². The summed E-state index contributed by atoms with van der Waals surface area (Å²) in [6.07, 6.45) is 0.177. The van der Waals surface area contributed by atoms with E-state index in [2.05, 4.69) is 15.0 Å². The fraction of sp³-hybridized carbons (Fsp3) is 0.500. The number of imidazole rings is 1. The molecule has 2 aromatic heterocycles. The molecule has 5 N–H and O–H groups in total. The highest BCUT2D eigenvalue weighted by atomic mass is 16.7. The second-order valence-electron chi connectivity index (χ2n) is 4.27. The summed E-state index contributed by atoms with van der Waals surface area (Å²) in [6, 6.07) is 0. The normalized spacial score (nSPS) is 27.2. The Bertz CT molecular complexity index is 615. The highest BCUT2D eigenvalue weighted by molar-refractivity contribution is 5.82. The molecule has 0 aliphatic carbocycles. The van der Waals surface area contributed by atoms with E-state index < -0.39 is 12.5 Å². The van der Waals surface area contributed by atoms with Crippen LogP contribution in [0.1, 0.15) is 13.2 Å². The van der Waals surface area contributed by atoms with E-state index in [4.69, 9.17) is 26.0 Å². The van der Waals surface area contributed by atoms with E-state index in [1.807, 2.05) is 6.92 Å². The maximum Gasteiger partial charge on any atom is 0.224 e. The predicted octanol–water partition coefficient (Wildman–Crippen LogP) is -0.757. The molecule has 2 aromatic rings. The van der Waals surface area contributed by atoms with Crippen molar-refractivity contribution in [1.82, 2.24) is 19.5 Å². The molecule has 0 saturated carbocycles. The number of rotatable bonds is 2. The van der Waals surface area contributed by atoms with Gasteiger partial charge in [-0.25, -0.2) is 4.98 Å². The molecule has 0 spiro atoms. The van der Waals surface area contributed by atoms with Gasteiger partial charge in [-0.2, -0.15) is 9.97 Å². The van der Waals surface area contributed by atoms with Gasteiger partial charge in [-0.05, 0) is 6.92 Å².